The van der Waals surface area contributed by atoms with E-state index >= 15 is 0 Å². The molecule has 1 rings (SSSR count). The van der Waals surface area contributed by atoms with E-state index in [4.69, 9.17) is 11.5 Å². The molecule has 1 fully saturated rings. The van der Waals surface area contributed by atoms with Crippen LogP contribution >= 0.6 is 0 Å². The van der Waals surface area contributed by atoms with Crippen molar-refractivity contribution >= 4 is 12.0 Å². The molecule has 1 N–H and O–H groups in total. The molecular weight excluding hydrogens is 232 g/mol. The highest BCUT2D eigenvalue weighted by Gasteiger charge is 2.28. The smallest absolute Gasteiger partial charge is 0.320 e. The van der Waals surface area contributed by atoms with Gasteiger partial charge in [0.15, 0.2) is 0 Å². The summed E-state index contributed by atoms with van der Waals surface area (Å²) < 4.78 is 0. The van der Waals surface area contributed by atoms with Crippen LogP contribution in [0.2, 0.25) is 0 Å². The van der Waals surface area contributed by atoms with Gasteiger partial charge in [0.05, 0.1) is 12.5 Å². The van der Waals surface area contributed by atoms with Crippen molar-refractivity contribution in [1.82, 2.24) is 9.80 Å². The molecule has 0 spiro atoms. The van der Waals surface area contributed by atoms with Gasteiger partial charge < -0.3 is 14.9 Å². The monoisotopic (exact) mass is 252 g/mol. The highest BCUT2D eigenvalue weighted by Crippen LogP contribution is 2.29. The van der Waals surface area contributed by atoms with E-state index in [1.165, 1.54) is 4.90 Å². The Morgan fingerprint density at radius 2 is 2.11 bits per heavy atom. The van der Waals surface area contributed by atoms with Gasteiger partial charge in [-0.3, -0.25) is 4.79 Å². The van der Waals surface area contributed by atoms with Crippen LogP contribution in [0.25, 0.3) is 0 Å². The standard InChI is InChI=1S/C13H20N2O3/c1-4-7-15(9-11-5-6-11)13(18)14(3)8-10(2)12(16)17/h1,10-11H,5-9H2,2-3H3,(H,16,17). The number of amides is 2. The van der Waals surface area contributed by atoms with Crippen LogP contribution in [0.4, 0.5) is 4.79 Å². The second kappa shape index (κ2) is 6.29. The molecule has 0 radical (unpaired) electrons. The summed E-state index contributed by atoms with van der Waals surface area (Å²) in [4.78, 5) is 25.9. The van der Waals surface area contributed by atoms with E-state index < -0.39 is 11.9 Å². The molecule has 0 saturated heterocycles. The summed E-state index contributed by atoms with van der Waals surface area (Å²) in [6.07, 6.45) is 7.54. The van der Waals surface area contributed by atoms with Gasteiger partial charge in [-0.25, -0.2) is 4.79 Å². The zero-order valence-electron chi connectivity index (χ0n) is 10.9. The summed E-state index contributed by atoms with van der Waals surface area (Å²) in [5, 5.41) is 8.83. The summed E-state index contributed by atoms with van der Waals surface area (Å²) in [5.74, 6) is 1.56. The van der Waals surface area contributed by atoms with E-state index in [2.05, 4.69) is 5.92 Å². The Labute approximate surface area is 108 Å². The minimum atomic E-state index is -0.902. The second-order valence-electron chi connectivity index (χ2n) is 4.93. The Morgan fingerprint density at radius 3 is 2.56 bits per heavy atom. The average Bonchev–Trinajstić information content (AvgIpc) is 3.11. The fourth-order valence-corrected chi connectivity index (χ4v) is 1.74. The van der Waals surface area contributed by atoms with E-state index in [-0.39, 0.29) is 19.1 Å². The zero-order chi connectivity index (χ0) is 13.7. The highest BCUT2D eigenvalue weighted by atomic mass is 16.4. The predicted molar refractivity (Wildman–Crippen MR) is 68.0 cm³/mol. The fourth-order valence-electron chi connectivity index (χ4n) is 1.74. The topological polar surface area (TPSA) is 60.9 Å². The number of terminal acetylenes is 1. The average molecular weight is 252 g/mol. The van der Waals surface area contributed by atoms with Crippen LogP contribution in [0, 0.1) is 24.2 Å². The highest BCUT2D eigenvalue weighted by molar-refractivity contribution is 5.76. The van der Waals surface area contributed by atoms with Crippen molar-refractivity contribution in [3.05, 3.63) is 0 Å². The van der Waals surface area contributed by atoms with Crippen molar-refractivity contribution < 1.29 is 14.7 Å². The first-order chi connectivity index (χ1) is 8.45. The Bertz CT molecular complexity index is 358. The number of carbonyl (C=O) groups is 2. The maximum Gasteiger partial charge on any atom is 0.320 e. The van der Waals surface area contributed by atoms with Crippen LogP contribution < -0.4 is 0 Å². The SMILES string of the molecule is C#CCN(CC1CC1)C(=O)N(C)CC(C)C(=O)O. The van der Waals surface area contributed by atoms with Gasteiger partial charge >= 0.3 is 12.0 Å². The molecule has 18 heavy (non-hydrogen) atoms. The van der Waals surface area contributed by atoms with Gasteiger partial charge in [0.2, 0.25) is 0 Å². The van der Waals surface area contributed by atoms with Crippen molar-refractivity contribution in [2.75, 3.05) is 26.7 Å². The van der Waals surface area contributed by atoms with Crippen LogP contribution in [0.15, 0.2) is 0 Å². The third-order valence-electron chi connectivity index (χ3n) is 3.02. The van der Waals surface area contributed by atoms with Crippen LogP contribution in [0.3, 0.4) is 0 Å². The van der Waals surface area contributed by atoms with Crippen LogP contribution in [0.1, 0.15) is 19.8 Å². The molecule has 1 saturated carbocycles. The molecule has 1 aliphatic rings. The number of hydrogen-bond acceptors (Lipinski definition) is 2. The van der Waals surface area contributed by atoms with Crippen molar-refractivity contribution in [2.24, 2.45) is 11.8 Å². The number of urea groups is 1. The number of nitrogens with zero attached hydrogens (tertiary/aromatic N) is 2. The van der Waals surface area contributed by atoms with Crippen molar-refractivity contribution in [3.63, 3.8) is 0 Å². The van der Waals surface area contributed by atoms with Gasteiger partial charge in [-0.2, -0.15) is 0 Å². The normalized spacial score (nSPS) is 15.6. The lowest BCUT2D eigenvalue weighted by Crippen LogP contribution is -2.44. The third kappa shape index (κ3) is 4.28. The van der Waals surface area contributed by atoms with Gasteiger partial charge in [0.1, 0.15) is 0 Å². The molecule has 100 valence electrons. The summed E-state index contributed by atoms with van der Waals surface area (Å²) >= 11 is 0. The van der Waals surface area contributed by atoms with E-state index in [0.717, 1.165) is 12.8 Å². The van der Waals surface area contributed by atoms with Crippen LogP contribution in [-0.2, 0) is 4.79 Å². The first kappa shape index (κ1) is 14.4. The number of hydrogen-bond donors (Lipinski definition) is 1. The van der Waals surface area contributed by atoms with Gasteiger partial charge in [0.25, 0.3) is 0 Å². The van der Waals surface area contributed by atoms with Gasteiger partial charge in [-0.1, -0.05) is 12.8 Å². The molecule has 1 aliphatic carbocycles. The predicted octanol–water partition coefficient (Wildman–Crippen LogP) is 1.10. The molecule has 0 aliphatic heterocycles. The Kier molecular flexibility index (Phi) is 5.02. The van der Waals surface area contributed by atoms with E-state index in [9.17, 15) is 9.59 Å². The summed E-state index contributed by atoms with van der Waals surface area (Å²) in [6, 6.07) is -0.187. The molecule has 0 heterocycles. The molecule has 0 bridgehead atoms. The number of aliphatic carboxylic acids is 1. The largest absolute Gasteiger partial charge is 0.481 e. The maximum atomic E-state index is 12.1. The van der Waals surface area contributed by atoms with Gasteiger partial charge in [-0.05, 0) is 18.8 Å². The molecule has 5 heteroatoms. The minimum absolute atomic E-state index is 0.187. The van der Waals surface area contributed by atoms with Crippen molar-refractivity contribution in [2.45, 2.75) is 19.8 Å². The van der Waals surface area contributed by atoms with Crippen LogP contribution in [-0.4, -0.2) is 53.6 Å². The van der Waals surface area contributed by atoms with Crippen molar-refractivity contribution in [1.29, 1.82) is 0 Å². The first-order valence-corrected chi connectivity index (χ1v) is 6.12. The summed E-state index contributed by atoms with van der Waals surface area (Å²) in [5.41, 5.74) is 0. The Morgan fingerprint density at radius 1 is 1.50 bits per heavy atom. The van der Waals surface area contributed by atoms with E-state index in [1.807, 2.05) is 0 Å². The molecule has 2 amide bonds. The van der Waals surface area contributed by atoms with Crippen LogP contribution in [0.5, 0.6) is 0 Å². The second-order valence-corrected chi connectivity index (χ2v) is 4.93. The van der Waals surface area contributed by atoms with Crippen molar-refractivity contribution in [3.8, 4) is 12.3 Å². The number of carboxylic acid groups (broad SMARTS) is 1. The molecule has 0 aromatic carbocycles. The minimum Gasteiger partial charge on any atom is -0.481 e. The zero-order valence-corrected chi connectivity index (χ0v) is 10.9. The number of carboxylic acids is 1. The fraction of sp³-hybridized carbons (Fsp3) is 0.692. The molecular formula is C13H20N2O3. The molecule has 0 aromatic rings. The lowest BCUT2D eigenvalue weighted by atomic mass is 10.2. The Hall–Kier alpha value is -1.70. The first-order valence-electron chi connectivity index (χ1n) is 6.12. The molecule has 0 aromatic heterocycles. The third-order valence-corrected chi connectivity index (χ3v) is 3.02. The van der Waals surface area contributed by atoms with Gasteiger partial charge in [0, 0.05) is 20.1 Å². The van der Waals surface area contributed by atoms with E-state index in [1.54, 1.807) is 18.9 Å². The Balaban J connectivity index is 2.52. The quantitative estimate of drug-likeness (QED) is 0.720. The molecule has 1 unspecified atom stereocenters. The number of rotatable bonds is 6. The molecule has 1 atom stereocenters. The lowest BCUT2D eigenvalue weighted by Gasteiger charge is -2.27. The van der Waals surface area contributed by atoms with Gasteiger partial charge in [-0.15, -0.1) is 6.42 Å². The number of carbonyl (C=O) groups excluding carboxylic acids is 1. The summed E-state index contributed by atoms with van der Waals surface area (Å²) in [6.45, 7) is 2.73. The summed E-state index contributed by atoms with van der Waals surface area (Å²) in [7, 11) is 1.61. The van der Waals surface area contributed by atoms with E-state index in [0.29, 0.717) is 12.5 Å². The molecule has 5 nitrogen and oxygen atoms in total. The lowest BCUT2D eigenvalue weighted by molar-refractivity contribution is -0.141. The maximum absolute atomic E-state index is 12.1.